The van der Waals surface area contributed by atoms with Crippen LogP contribution in [0.3, 0.4) is 0 Å². The average Bonchev–Trinajstić information content (AvgIpc) is 1.80. The van der Waals surface area contributed by atoms with E-state index in [1.807, 2.05) is 14.1 Å². The molecule has 0 aliphatic rings. The maximum Gasteiger partial charge on any atom is 0.106 e. The van der Waals surface area contributed by atoms with Crippen molar-refractivity contribution >= 4 is 12.6 Å². The van der Waals surface area contributed by atoms with Crippen LogP contribution in [0.1, 0.15) is 6.42 Å². The lowest BCUT2D eigenvalue weighted by atomic mass is 10.4. The van der Waals surface area contributed by atoms with Gasteiger partial charge in [0.25, 0.3) is 0 Å². The fourth-order valence-electron chi connectivity index (χ4n) is 0.443. The van der Waals surface area contributed by atoms with Crippen molar-refractivity contribution in [2.45, 2.75) is 6.42 Å². The Labute approximate surface area is 55.9 Å². The van der Waals surface area contributed by atoms with Crippen LogP contribution >= 0.6 is 0 Å². The zero-order chi connectivity index (χ0) is 7.11. The molecule has 0 aliphatic carbocycles. The van der Waals surface area contributed by atoms with Gasteiger partial charge in [0.2, 0.25) is 0 Å². The second kappa shape index (κ2) is 5.44. The summed E-state index contributed by atoms with van der Waals surface area (Å²) < 4.78 is 0. The van der Waals surface area contributed by atoms with Gasteiger partial charge in [0, 0.05) is 12.8 Å². The number of hydrogen-bond acceptors (Lipinski definition) is 2. The summed E-state index contributed by atoms with van der Waals surface area (Å²) in [5, 5.41) is 6.55. The molecule has 0 bridgehead atoms. The molecule has 0 heterocycles. The molecule has 0 amide bonds. The van der Waals surface area contributed by atoms with E-state index in [9.17, 15) is 0 Å². The highest BCUT2D eigenvalue weighted by molar-refractivity contribution is 5.70. The summed E-state index contributed by atoms with van der Waals surface area (Å²) in [7, 11) is 4.02. The van der Waals surface area contributed by atoms with Crippen molar-refractivity contribution in [1.29, 1.82) is 5.41 Å². The summed E-state index contributed by atoms with van der Waals surface area (Å²) in [6.07, 6.45) is 3.71. The van der Waals surface area contributed by atoms with Crippen molar-refractivity contribution in [3.8, 4) is 0 Å². The van der Waals surface area contributed by atoms with Crippen molar-refractivity contribution in [2.24, 2.45) is 4.99 Å². The van der Waals surface area contributed by atoms with E-state index in [-0.39, 0.29) is 0 Å². The number of nitrogens with one attached hydrogen (secondary N) is 1. The van der Waals surface area contributed by atoms with Gasteiger partial charge in [-0.15, -0.1) is 0 Å². The first-order valence-corrected chi connectivity index (χ1v) is 2.92. The zero-order valence-corrected chi connectivity index (χ0v) is 5.96. The Morgan fingerprint density at radius 1 is 1.56 bits per heavy atom. The quantitative estimate of drug-likeness (QED) is 0.436. The van der Waals surface area contributed by atoms with Crippen LogP contribution in [-0.4, -0.2) is 38.1 Å². The number of rotatable bonds is 4. The molecule has 0 aromatic heterocycles. The molecule has 0 aliphatic heterocycles. The molecular formula is C6H13N3. The highest BCUT2D eigenvalue weighted by Crippen LogP contribution is 1.77. The molecule has 0 radical (unpaired) electrons. The SMILES string of the molecule is CN(C)CCC=NC=N. The van der Waals surface area contributed by atoms with Crippen molar-refractivity contribution in [1.82, 2.24) is 4.90 Å². The Kier molecular flexibility index (Phi) is 5.01. The smallest absolute Gasteiger partial charge is 0.106 e. The van der Waals surface area contributed by atoms with Gasteiger partial charge in [0.15, 0.2) is 0 Å². The third-order valence-electron chi connectivity index (χ3n) is 0.885. The molecule has 9 heavy (non-hydrogen) atoms. The van der Waals surface area contributed by atoms with Gasteiger partial charge >= 0.3 is 0 Å². The van der Waals surface area contributed by atoms with E-state index < -0.39 is 0 Å². The Morgan fingerprint density at radius 3 is 2.67 bits per heavy atom. The summed E-state index contributed by atoms with van der Waals surface area (Å²) in [5.41, 5.74) is 0. The number of nitrogens with zero attached hydrogens (tertiary/aromatic N) is 2. The molecule has 0 unspecified atom stereocenters. The lowest BCUT2D eigenvalue weighted by Gasteiger charge is -2.04. The third-order valence-corrected chi connectivity index (χ3v) is 0.885. The summed E-state index contributed by atoms with van der Waals surface area (Å²) in [6, 6.07) is 0. The van der Waals surface area contributed by atoms with E-state index in [1.165, 1.54) is 0 Å². The summed E-state index contributed by atoms with van der Waals surface area (Å²) in [4.78, 5) is 5.71. The van der Waals surface area contributed by atoms with Crippen molar-refractivity contribution < 1.29 is 0 Å². The van der Waals surface area contributed by atoms with Crippen LogP contribution in [0, 0.1) is 5.41 Å². The van der Waals surface area contributed by atoms with Crippen molar-refractivity contribution in [3.05, 3.63) is 0 Å². The lowest BCUT2D eigenvalue weighted by Crippen LogP contribution is -2.12. The van der Waals surface area contributed by atoms with Crippen LogP contribution < -0.4 is 0 Å². The molecule has 3 nitrogen and oxygen atoms in total. The normalized spacial score (nSPS) is 11.0. The van der Waals surface area contributed by atoms with E-state index in [2.05, 4.69) is 9.89 Å². The number of hydrogen-bond donors (Lipinski definition) is 1. The van der Waals surface area contributed by atoms with Crippen LogP contribution in [-0.2, 0) is 0 Å². The molecule has 0 spiro atoms. The zero-order valence-electron chi connectivity index (χ0n) is 5.96. The minimum absolute atomic E-state index is 0.919. The molecule has 0 fully saturated rings. The molecule has 0 aromatic carbocycles. The molecule has 0 saturated heterocycles. The predicted octanol–water partition coefficient (Wildman–Crippen LogP) is 0.616. The van der Waals surface area contributed by atoms with Gasteiger partial charge in [-0.2, -0.15) is 0 Å². The summed E-state index contributed by atoms with van der Waals surface area (Å²) in [5.74, 6) is 0. The van der Waals surface area contributed by atoms with Gasteiger partial charge in [0.1, 0.15) is 6.34 Å². The minimum Gasteiger partial charge on any atom is -0.309 e. The average molecular weight is 127 g/mol. The van der Waals surface area contributed by atoms with Crippen LogP contribution in [0.25, 0.3) is 0 Å². The van der Waals surface area contributed by atoms with Crippen LogP contribution in [0.5, 0.6) is 0 Å². The predicted molar refractivity (Wildman–Crippen MR) is 40.4 cm³/mol. The fourth-order valence-corrected chi connectivity index (χ4v) is 0.443. The Balaban J connectivity index is 3.08. The Hall–Kier alpha value is -0.700. The van der Waals surface area contributed by atoms with Gasteiger partial charge < -0.3 is 4.90 Å². The van der Waals surface area contributed by atoms with Crippen molar-refractivity contribution in [2.75, 3.05) is 20.6 Å². The molecule has 0 saturated carbocycles. The molecule has 1 N–H and O–H groups in total. The largest absolute Gasteiger partial charge is 0.309 e. The molecule has 3 heteroatoms. The van der Waals surface area contributed by atoms with Gasteiger partial charge in [0.05, 0.1) is 0 Å². The van der Waals surface area contributed by atoms with Crippen LogP contribution in [0.15, 0.2) is 4.99 Å². The Bertz CT molecular complexity index is 96.5. The monoisotopic (exact) mass is 127 g/mol. The van der Waals surface area contributed by atoms with E-state index in [1.54, 1.807) is 6.21 Å². The van der Waals surface area contributed by atoms with Gasteiger partial charge in [-0.1, -0.05) is 0 Å². The molecule has 0 aromatic rings. The van der Waals surface area contributed by atoms with Gasteiger partial charge in [-0.05, 0) is 20.5 Å². The first kappa shape index (κ1) is 8.30. The van der Waals surface area contributed by atoms with E-state index in [4.69, 9.17) is 5.41 Å². The second-order valence-electron chi connectivity index (χ2n) is 2.05. The highest BCUT2D eigenvalue weighted by Gasteiger charge is 1.83. The first-order chi connectivity index (χ1) is 4.27. The minimum atomic E-state index is 0.919. The summed E-state index contributed by atoms with van der Waals surface area (Å²) >= 11 is 0. The first-order valence-electron chi connectivity index (χ1n) is 2.92. The highest BCUT2D eigenvalue weighted by atomic mass is 15.0. The molecule has 0 rings (SSSR count). The van der Waals surface area contributed by atoms with E-state index in [0.29, 0.717) is 0 Å². The van der Waals surface area contributed by atoms with Crippen LogP contribution in [0.2, 0.25) is 0 Å². The third kappa shape index (κ3) is 7.30. The fraction of sp³-hybridized carbons (Fsp3) is 0.667. The maximum atomic E-state index is 6.55. The molecule has 52 valence electrons. The molecule has 0 atom stereocenters. The van der Waals surface area contributed by atoms with Gasteiger partial charge in [-0.3, -0.25) is 5.41 Å². The lowest BCUT2D eigenvalue weighted by molar-refractivity contribution is 0.423. The maximum absolute atomic E-state index is 6.55. The standard InChI is InChI=1S/C6H13N3/c1-9(2)5-3-4-8-6-7/h4,6-7H,3,5H2,1-2H3. The molecular weight excluding hydrogens is 114 g/mol. The van der Waals surface area contributed by atoms with Crippen molar-refractivity contribution in [3.63, 3.8) is 0 Å². The summed E-state index contributed by atoms with van der Waals surface area (Å²) in [6.45, 7) is 0.997. The van der Waals surface area contributed by atoms with Gasteiger partial charge in [-0.25, -0.2) is 4.99 Å². The van der Waals surface area contributed by atoms with Crippen LogP contribution in [0.4, 0.5) is 0 Å². The van der Waals surface area contributed by atoms with E-state index >= 15 is 0 Å². The second-order valence-corrected chi connectivity index (χ2v) is 2.05. The Morgan fingerprint density at radius 2 is 2.22 bits per heavy atom. The van der Waals surface area contributed by atoms with E-state index in [0.717, 1.165) is 19.3 Å². The number of aliphatic imine (C=N–C) groups is 1. The topological polar surface area (TPSA) is 39.5 Å².